The summed E-state index contributed by atoms with van der Waals surface area (Å²) in [5.41, 5.74) is 8.37. The zero-order valence-corrected chi connectivity index (χ0v) is 14.8. The van der Waals surface area contributed by atoms with Crippen LogP contribution < -0.4 is 5.73 Å². The van der Waals surface area contributed by atoms with Crippen LogP contribution in [0.5, 0.6) is 0 Å². The van der Waals surface area contributed by atoms with Crippen molar-refractivity contribution in [1.29, 1.82) is 0 Å². The van der Waals surface area contributed by atoms with Gasteiger partial charge in [-0.25, -0.2) is 0 Å². The first-order valence-electron chi connectivity index (χ1n) is 8.34. The molecule has 2 N–H and O–H groups in total. The number of aromatic nitrogens is 4. The predicted molar refractivity (Wildman–Crippen MR) is 94.8 cm³/mol. The smallest absolute Gasteiger partial charge is 0.256 e. The summed E-state index contributed by atoms with van der Waals surface area (Å²) in [6.07, 6.45) is 8.12. The number of rotatable bonds is 6. The fourth-order valence-electron chi connectivity index (χ4n) is 2.99. The molecule has 2 aromatic rings. The van der Waals surface area contributed by atoms with Crippen molar-refractivity contribution in [1.82, 2.24) is 24.9 Å². The Balaban J connectivity index is 1.60. The van der Waals surface area contributed by atoms with Crippen LogP contribution in [0, 0.1) is 5.92 Å². The third-order valence-corrected chi connectivity index (χ3v) is 5.97. The summed E-state index contributed by atoms with van der Waals surface area (Å²) in [7, 11) is 0. The summed E-state index contributed by atoms with van der Waals surface area (Å²) in [6, 6.07) is 3.93. The van der Waals surface area contributed by atoms with Crippen LogP contribution in [0.3, 0.4) is 0 Å². The van der Waals surface area contributed by atoms with E-state index in [0.717, 1.165) is 29.4 Å². The zero-order chi connectivity index (χ0) is 17.4. The number of pyridine rings is 1. The van der Waals surface area contributed by atoms with Gasteiger partial charge in [0.25, 0.3) is 5.91 Å². The van der Waals surface area contributed by atoms with E-state index in [9.17, 15) is 4.79 Å². The predicted octanol–water partition coefficient (Wildman–Crippen LogP) is 2.05. The number of thioether (sulfide) groups is 1. The van der Waals surface area contributed by atoms with Crippen molar-refractivity contribution in [3.63, 3.8) is 0 Å². The summed E-state index contributed by atoms with van der Waals surface area (Å²) in [6.45, 7) is 3.49. The first-order chi connectivity index (χ1) is 12.1. The molecule has 2 aliphatic rings. The lowest BCUT2D eigenvalue weighted by atomic mass is 10.2. The Kier molecular flexibility index (Phi) is 4.20. The van der Waals surface area contributed by atoms with Crippen LogP contribution in [0.25, 0.3) is 0 Å². The van der Waals surface area contributed by atoms with Crippen molar-refractivity contribution >= 4 is 17.7 Å². The fourth-order valence-corrected chi connectivity index (χ4v) is 4.21. The summed E-state index contributed by atoms with van der Waals surface area (Å²) < 4.78 is 1.91. The molecular weight excluding hydrogens is 336 g/mol. The largest absolute Gasteiger partial charge is 0.365 e. The van der Waals surface area contributed by atoms with E-state index in [-0.39, 0.29) is 5.37 Å². The normalized spacial score (nSPS) is 20.4. The molecule has 4 rings (SSSR count). The van der Waals surface area contributed by atoms with Crippen molar-refractivity contribution in [2.75, 3.05) is 0 Å². The van der Waals surface area contributed by atoms with E-state index in [2.05, 4.69) is 20.2 Å². The second kappa shape index (κ2) is 6.51. The van der Waals surface area contributed by atoms with Gasteiger partial charge in [0.15, 0.2) is 0 Å². The van der Waals surface area contributed by atoms with Gasteiger partial charge in [0.05, 0.1) is 11.1 Å². The van der Waals surface area contributed by atoms with Crippen molar-refractivity contribution in [2.45, 2.75) is 38.2 Å². The average molecular weight is 356 g/mol. The lowest BCUT2D eigenvalue weighted by molar-refractivity contribution is -0.114. The molecule has 0 radical (unpaired) electrons. The monoisotopic (exact) mass is 356 g/mol. The highest BCUT2D eigenvalue weighted by Crippen LogP contribution is 2.47. The minimum atomic E-state index is -0.397. The number of allylic oxidation sites excluding steroid dienone is 1. The Bertz CT molecular complexity index is 814. The molecule has 7 nitrogen and oxygen atoms in total. The molecule has 8 heteroatoms. The molecule has 1 unspecified atom stereocenters. The number of amides is 1. The number of hydrogen-bond acceptors (Lipinski definition) is 6. The zero-order valence-electron chi connectivity index (χ0n) is 14.0. The highest BCUT2D eigenvalue weighted by atomic mass is 32.2. The summed E-state index contributed by atoms with van der Waals surface area (Å²) in [5.74, 6) is 0.338. The lowest BCUT2D eigenvalue weighted by Gasteiger charge is -2.26. The van der Waals surface area contributed by atoms with Gasteiger partial charge in [0.2, 0.25) is 0 Å². The van der Waals surface area contributed by atoms with Gasteiger partial charge in [-0.2, -0.15) is 0 Å². The van der Waals surface area contributed by atoms with Gasteiger partial charge in [0.1, 0.15) is 11.1 Å². The van der Waals surface area contributed by atoms with Gasteiger partial charge in [-0.1, -0.05) is 23.0 Å². The van der Waals surface area contributed by atoms with Crippen LogP contribution in [0.2, 0.25) is 0 Å². The molecule has 0 aromatic carbocycles. The Morgan fingerprint density at radius 2 is 2.28 bits per heavy atom. The first-order valence-corrected chi connectivity index (χ1v) is 9.22. The number of carbonyl (C=O) groups is 1. The topological polar surface area (TPSA) is 89.9 Å². The third kappa shape index (κ3) is 3.39. The number of nitrogens with zero attached hydrogens (tertiary/aromatic N) is 5. The molecule has 1 atom stereocenters. The Morgan fingerprint density at radius 1 is 1.44 bits per heavy atom. The Hall–Kier alpha value is -2.35. The number of nitrogens with two attached hydrogens (primary N) is 1. The van der Waals surface area contributed by atoms with Crippen LogP contribution in [0.15, 0.2) is 41.3 Å². The van der Waals surface area contributed by atoms with Crippen LogP contribution in [0.1, 0.15) is 36.4 Å². The summed E-state index contributed by atoms with van der Waals surface area (Å²) >= 11 is 1.45. The average Bonchev–Trinajstić information content (AvgIpc) is 3.19. The van der Waals surface area contributed by atoms with E-state index in [1.54, 1.807) is 6.20 Å². The molecule has 3 heterocycles. The number of hydrogen-bond donors (Lipinski definition) is 1. The standard InChI is InChI=1S/C17H20N6OS/c1-11-15(16(18)24)25-17(23(11)9-13-3-2-6-19-7-13)14-10-22(21-20-14)8-12-4-5-12/h2-3,6-7,10,12,17H,4-5,8-9H2,1H3,(H2,18,24). The lowest BCUT2D eigenvalue weighted by Crippen LogP contribution is -2.22. The summed E-state index contributed by atoms with van der Waals surface area (Å²) in [5, 5.41) is 8.51. The number of carbonyl (C=O) groups excluding carboxylic acids is 1. The molecule has 0 bridgehead atoms. The molecule has 1 aliphatic heterocycles. The maximum Gasteiger partial charge on any atom is 0.256 e. The molecule has 1 fully saturated rings. The highest BCUT2D eigenvalue weighted by molar-refractivity contribution is 8.04. The van der Waals surface area contributed by atoms with E-state index in [1.165, 1.54) is 24.6 Å². The number of primary amides is 1. The van der Waals surface area contributed by atoms with Gasteiger partial charge in [-0.15, -0.1) is 5.10 Å². The Labute approximate surface area is 150 Å². The van der Waals surface area contributed by atoms with Crippen molar-refractivity contribution < 1.29 is 4.79 Å². The van der Waals surface area contributed by atoms with Crippen molar-refractivity contribution in [2.24, 2.45) is 11.7 Å². The molecule has 2 aromatic heterocycles. The molecular formula is C17H20N6OS. The van der Waals surface area contributed by atoms with Gasteiger partial charge < -0.3 is 10.6 Å². The van der Waals surface area contributed by atoms with Crippen molar-refractivity contribution in [3.05, 3.63) is 52.6 Å². The molecule has 25 heavy (non-hydrogen) atoms. The fraction of sp³-hybridized carbons (Fsp3) is 0.412. The van der Waals surface area contributed by atoms with E-state index in [1.807, 2.05) is 36.1 Å². The molecule has 1 amide bonds. The second-order valence-electron chi connectivity index (χ2n) is 6.55. The van der Waals surface area contributed by atoms with E-state index >= 15 is 0 Å². The molecule has 1 aliphatic carbocycles. The molecule has 130 valence electrons. The molecule has 1 saturated carbocycles. The minimum Gasteiger partial charge on any atom is -0.365 e. The van der Waals surface area contributed by atoms with Crippen LogP contribution in [0.4, 0.5) is 0 Å². The molecule has 0 spiro atoms. The van der Waals surface area contributed by atoms with Gasteiger partial charge in [-0.05, 0) is 37.3 Å². The summed E-state index contributed by atoms with van der Waals surface area (Å²) in [4.78, 5) is 18.7. The van der Waals surface area contributed by atoms with Crippen LogP contribution in [-0.4, -0.2) is 30.8 Å². The second-order valence-corrected chi connectivity index (χ2v) is 7.64. The van der Waals surface area contributed by atoms with Crippen LogP contribution >= 0.6 is 11.8 Å². The highest BCUT2D eigenvalue weighted by Gasteiger charge is 2.36. The first kappa shape index (κ1) is 16.1. The maximum atomic E-state index is 11.8. The Morgan fingerprint density at radius 3 is 2.96 bits per heavy atom. The maximum absolute atomic E-state index is 11.8. The SMILES string of the molecule is CC1=C(C(N)=O)SC(c2cn(CC3CC3)nn2)N1Cc1cccnc1. The van der Waals surface area contributed by atoms with Crippen molar-refractivity contribution in [3.8, 4) is 0 Å². The quantitative estimate of drug-likeness (QED) is 0.852. The van der Waals surface area contributed by atoms with Gasteiger partial charge in [-0.3, -0.25) is 14.5 Å². The van der Waals surface area contributed by atoms with Crippen LogP contribution in [-0.2, 0) is 17.9 Å². The van der Waals surface area contributed by atoms with E-state index < -0.39 is 5.91 Å². The van der Waals surface area contributed by atoms with Gasteiger partial charge in [0, 0.05) is 31.2 Å². The van der Waals surface area contributed by atoms with E-state index in [4.69, 9.17) is 5.73 Å². The minimum absolute atomic E-state index is 0.101. The third-order valence-electron chi connectivity index (χ3n) is 4.52. The van der Waals surface area contributed by atoms with E-state index in [0.29, 0.717) is 11.4 Å². The molecule has 0 saturated heterocycles. The van der Waals surface area contributed by atoms with Gasteiger partial charge >= 0.3 is 0 Å².